The van der Waals surface area contributed by atoms with Crippen LogP contribution in [0.5, 0.6) is 0 Å². The lowest BCUT2D eigenvalue weighted by atomic mass is 9.93. The number of fused-ring (bicyclic) bond motifs is 1. The molecule has 0 unspecified atom stereocenters. The van der Waals surface area contributed by atoms with Gasteiger partial charge in [0.2, 0.25) is 0 Å². The van der Waals surface area contributed by atoms with Crippen LogP contribution in [0.25, 0.3) is 0 Å². The molecular weight excluding hydrogens is 346 g/mol. The van der Waals surface area contributed by atoms with Gasteiger partial charge in [-0.1, -0.05) is 5.16 Å². The van der Waals surface area contributed by atoms with Gasteiger partial charge in [-0.25, -0.2) is 0 Å². The molecule has 2 aromatic rings. The summed E-state index contributed by atoms with van der Waals surface area (Å²) in [5.74, 6) is 0.899. The fourth-order valence-corrected chi connectivity index (χ4v) is 3.96. The zero-order chi connectivity index (χ0) is 19.0. The number of nitrogens with zero attached hydrogens (tertiary/aromatic N) is 5. The molecule has 4 heterocycles. The summed E-state index contributed by atoms with van der Waals surface area (Å²) in [5.41, 5.74) is 2.03. The van der Waals surface area contributed by atoms with Crippen molar-refractivity contribution in [1.29, 1.82) is 0 Å². The molecule has 0 radical (unpaired) electrons. The van der Waals surface area contributed by atoms with Crippen molar-refractivity contribution in [3.05, 3.63) is 35.0 Å². The summed E-state index contributed by atoms with van der Waals surface area (Å²) in [7, 11) is 0. The number of amides is 2. The largest absolute Gasteiger partial charge is 0.361 e. The Hall–Kier alpha value is -2.64. The van der Waals surface area contributed by atoms with Gasteiger partial charge in [-0.2, -0.15) is 5.10 Å². The highest BCUT2D eigenvalue weighted by molar-refractivity contribution is 5.93. The molecule has 144 valence electrons. The summed E-state index contributed by atoms with van der Waals surface area (Å²) in [6, 6.07) is 3.63. The van der Waals surface area contributed by atoms with E-state index in [4.69, 9.17) is 9.62 Å². The first-order chi connectivity index (χ1) is 13.1. The Morgan fingerprint density at radius 1 is 1.22 bits per heavy atom. The molecule has 2 aromatic heterocycles. The lowest BCUT2D eigenvalue weighted by molar-refractivity contribution is 0.0701. The normalized spacial score (nSPS) is 18.5. The maximum absolute atomic E-state index is 12.7. The van der Waals surface area contributed by atoms with E-state index in [-0.39, 0.29) is 17.7 Å². The van der Waals surface area contributed by atoms with Crippen molar-refractivity contribution >= 4 is 11.8 Å². The fourth-order valence-electron chi connectivity index (χ4n) is 3.96. The van der Waals surface area contributed by atoms with Gasteiger partial charge in [-0.15, -0.1) is 0 Å². The van der Waals surface area contributed by atoms with E-state index in [9.17, 15) is 9.59 Å². The monoisotopic (exact) mass is 371 g/mol. The van der Waals surface area contributed by atoms with E-state index in [1.165, 1.54) is 0 Å². The molecule has 2 aliphatic heterocycles. The van der Waals surface area contributed by atoms with Crippen molar-refractivity contribution in [2.75, 3.05) is 26.2 Å². The number of carbonyl (C=O) groups excluding carboxylic acids is 2. The van der Waals surface area contributed by atoms with E-state index in [0.717, 1.165) is 44.6 Å². The van der Waals surface area contributed by atoms with Crippen LogP contribution < -0.4 is 0 Å². The molecule has 0 bridgehead atoms. The van der Waals surface area contributed by atoms with Crippen LogP contribution >= 0.6 is 0 Å². The molecule has 2 amide bonds. The van der Waals surface area contributed by atoms with Crippen molar-refractivity contribution in [3.63, 3.8) is 0 Å². The second kappa shape index (κ2) is 7.17. The minimum absolute atomic E-state index is 0.0720. The molecule has 0 spiro atoms. The molecule has 0 aliphatic carbocycles. The summed E-state index contributed by atoms with van der Waals surface area (Å²) in [5, 5.41) is 8.54. The molecule has 0 saturated carbocycles. The number of aryl methyl sites for hydroxylation is 2. The standard InChI is InChI=1S/C19H25N5O3/c1-3-22-7-4-8-24-17(19(22)26)12-15(20-24)14-5-9-23(10-6-14)18(25)16-11-13(2)27-21-16/h11-12,14H,3-10H2,1-2H3. The van der Waals surface area contributed by atoms with E-state index in [1.807, 2.05) is 27.5 Å². The molecule has 8 nitrogen and oxygen atoms in total. The first-order valence-corrected chi connectivity index (χ1v) is 9.66. The van der Waals surface area contributed by atoms with E-state index in [0.29, 0.717) is 30.2 Å². The molecule has 0 atom stereocenters. The number of likely N-dealkylation sites (tertiary alicyclic amines) is 1. The van der Waals surface area contributed by atoms with Crippen LogP contribution in [0.15, 0.2) is 16.7 Å². The van der Waals surface area contributed by atoms with Crippen molar-refractivity contribution in [2.24, 2.45) is 0 Å². The molecule has 4 rings (SSSR count). The Kier molecular flexibility index (Phi) is 4.72. The van der Waals surface area contributed by atoms with Crippen LogP contribution in [0, 0.1) is 6.92 Å². The molecule has 0 N–H and O–H groups in total. The molecule has 2 aliphatic rings. The molecule has 0 aromatic carbocycles. The molecule has 27 heavy (non-hydrogen) atoms. The highest BCUT2D eigenvalue weighted by atomic mass is 16.5. The van der Waals surface area contributed by atoms with Crippen molar-refractivity contribution in [2.45, 2.75) is 45.6 Å². The van der Waals surface area contributed by atoms with E-state index < -0.39 is 0 Å². The van der Waals surface area contributed by atoms with Crippen molar-refractivity contribution < 1.29 is 14.1 Å². The topological polar surface area (TPSA) is 84.5 Å². The van der Waals surface area contributed by atoms with Gasteiger partial charge in [0.15, 0.2) is 5.69 Å². The first kappa shape index (κ1) is 17.8. The molecule has 1 saturated heterocycles. The van der Waals surface area contributed by atoms with E-state index in [1.54, 1.807) is 13.0 Å². The third-order valence-corrected chi connectivity index (χ3v) is 5.53. The SMILES string of the molecule is CCN1CCCn2nc(C3CCN(C(=O)c4cc(C)on4)CC3)cc2C1=O. The lowest BCUT2D eigenvalue weighted by Gasteiger charge is -2.30. The number of aromatic nitrogens is 3. The number of rotatable bonds is 3. The zero-order valence-electron chi connectivity index (χ0n) is 15.8. The van der Waals surface area contributed by atoms with Gasteiger partial charge < -0.3 is 14.3 Å². The predicted molar refractivity (Wildman–Crippen MR) is 97.5 cm³/mol. The Labute approximate surface area is 158 Å². The second-order valence-corrected chi connectivity index (χ2v) is 7.31. The maximum atomic E-state index is 12.7. The van der Waals surface area contributed by atoms with Gasteiger partial charge in [0, 0.05) is 44.7 Å². The molecule has 1 fully saturated rings. The summed E-state index contributed by atoms with van der Waals surface area (Å²) in [4.78, 5) is 28.9. The highest BCUT2D eigenvalue weighted by Gasteiger charge is 2.30. The van der Waals surface area contributed by atoms with E-state index >= 15 is 0 Å². The number of carbonyl (C=O) groups is 2. The minimum atomic E-state index is -0.0836. The van der Waals surface area contributed by atoms with E-state index in [2.05, 4.69) is 5.16 Å². The average Bonchev–Trinajstić information content (AvgIpc) is 3.28. The van der Waals surface area contributed by atoms with Crippen LogP contribution in [0.3, 0.4) is 0 Å². The quantitative estimate of drug-likeness (QED) is 0.825. The molecular formula is C19H25N5O3. The van der Waals surface area contributed by atoms with Crippen LogP contribution in [-0.4, -0.2) is 62.7 Å². The number of piperidine rings is 1. The average molecular weight is 371 g/mol. The highest BCUT2D eigenvalue weighted by Crippen LogP contribution is 2.29. The maximum Gasteiger partial charge on any atom is 0.276 e. The summed E-state index contributed by atoms with van der Waals surface area (Å²) >= 11 is 0. The first-order valence-electron chi connectivity index (χ1n) is 9.66. The van der Waals surface area contributed by atoms with Crippen LogP contribution in [0.2, 0.25) is 0 Å². The second-order valence-electron chi connectivity index (χ2n) is 7.31. The smallest absolute Gasteiger partial charge is 0.276 e. The number of hydrogen-bond donors (Lipinski definition) is 0. The summed E-state index contributed by atoms with van der Waals surface area (Å²) < 4.78 is 6.87. The summed E-state index contributed by atoms with van der Waals surface area (Å²) in [6.45, 7) is 7.39. The van der Waals surface area contributed by atoms with Crippen LogP contribution in [0.4, 0.5) is 0 Å². The van der Waals surface area contributed by atoms with Crippen molar-refractivity contribution in [3.8, 4) is 0 Å². The van der Waals surface area contributed by atoms with Gasteiger partial charge in [0.25, 0.3) is 11.8 Å². The number of hydrogen-bond acceptors (Lipinski definition) is 5. The lowest BCUT2D eigenvalue weighted by Crippen LogP contribution is -2.38. The summed E-state index contributed by atoms with van der Waals surface area (Å²) in [6.07, 6.45) is 2.60. The Morgan fingerprint density at radius 3 is 2.67 bits per heavy atom. The predicted octanol–water partition coefficient (Wildman–Crippen LogP) is 2.07. The zero-order valence-corrected chi connectivity index (χ0v) is 15.8. The Bertz CT molecular complexity index is 847. The molecule has 8 heteroatoms. The van der Waals surface area contributed by atoms with Crippen LogP contribution in [-0.2, 0) is 6.54 Å². The van der Waals surface area contributed by atoms with Gasteiger partial charge in [-0.05, 0) is 39.2 Å². The Balaban J connectivity index is 1.44. The van der Waals surface area contributed by atoms with Gasteiger partial charge in [0.1, 0.15) is 11.5 Å². The van der Waals surface area contributed by atoms with Crippen LogP contribution in [0.1, 0.15) is 64.5 Å². The third kappa shape index (κ3) is 3.36. The van der Waals surface area contributed by atoms with Crippen molar-refractivity contribution in [1.82, 2.24) is 24.7 Å². The van der Waals surface area contributed by atoms with Gasteiger partial charge >= 0.3 is 0 Å². The Morgan fingerprint density at radius 2 is 2.00 bits per heavy atom. The third-order valence-electron chi connectivity index (χ3n) is 5.53. The fraction of sp³-hybridized carbons (Fsp3) is 0.579. The minimum Gasteiger partial charge on any atom is -0.361 e. The van der Waals surface area contributed by atoms with Gasteiger partial charge in [-0.3, -0.25) is 14.3 Å². The van der Waals surface area contributed by atoms with Gasteiger partial charge in [0.05, 0.1) is 5.69 Å².